The zero-order valence-corrected chi connectivity index (χ0v) is 17.9. The van der Waals surface area contributed by atoms with E-state index in [0.29, 0.717) is 54.7 Å². The Morgan fingerprint density at radius 1 is 1.34 bits per heavy atom. The van der Waals surface area contributed by atoms with Crippen LogP contribution in [0.15, 0.2) is 35.4 Å². The molecule has 0 bridgehead atoms. The van der Waals surface area contributed by atoms with Gasteiger partial charge < -0.3 is 30.4 Å². The van der Waals surface area contributed by atoms with E-state index in [4.69, 9.17) is 9.84 Å². The quantitative estimate of drug-likeness (QED) is 0.382. The standard InChI is InChI=1S/C21H27N7O4/c1-22-18-12-17(26-19-15(13-24-28(18)19)20(30)23-7-3-9-29)25-16-4-2-8-27(21(16)31)14-5-10-32-11-6-14/h2,4,8,12-14,22,29H,3,5-7,9-11H2,1H3,(H,23,30)(H,25,26). The summed E-state index contributed by atoms with van der Waals surface area (Å²) in [5, 5.41) is 22.1. The third-order valence-corrected chi connectivity index (χ3v) is 5.41. The third-order valence-electron chi connectivity index (χ3n) is 5.41. The summed E-state index contributed by atoms with van der Waals surface area (Å²) in [6.07, 6.45) is 5.29. The monoisotopic (exact) mass is 441 g/mol. The van der Waals surface area contributed by atoms with Crippen molar-refractivity contribution in [2.75, 3.05) is 44.0 Å². The second-order valence-corrected chi connectivity index (χ2v) is 7.51. The molecule has 0 radical (unpaired) electrons. The van der Waals surface area contributed by atoms with Crippen molar-refractivity contribution in [3.63, 3.8) is 0 Å². The fourth-order valence-corrected chi connectivity index (χ4v) is 3.74. The molecule has 1 fully saturated rings. The molecule has 1 aliphatic rings. The van der Waals surface area contributed by atoms with E-state index in [1.165, 1.54) is 10.7 Å². The minimum atomic E-state index is -0.332. The van der Waals surface area contributed by atoms with Gasteiger partial charge in [-0.1, -0.05) is 0 Å². The molecule has 170 valence electrons. The molecule has 0 spiro atoms. The van der Waals surface area contributed by atoms with Crippen molar-refractivity contribution in [2.24, 2.45) is 0 Å². The number of nitrogens with one attached hydrogen (secondary N) is 3. The largest absolute Gasteiger partial charge is 0.396 e. The average Bonchev–Trinajstić information content (AvgIpc) is 3.25. The van der Waals surface area contributed by atoms with E-state index in [-0.39, 0.29) is 24.1 Å². The van der Waals surface area contributed by atoms with E-state index in [2.05, 4.69) is 26.0 Å². The Balaban J connectivity index is 1.65. The SMILES string of the molecule is CNc1cc(Nc2cccn(C3CCOCC3)c2=O)nc2c(C(=O)NCCCO)cnn12. The molecule has 0 saturated carbocycles. The van der Waals surface area contributed by atoms with Crippen LogP contribution < -0.4 is 21.5 Å². The van der Waals surface area contributed by atoms with Gasteiger partial charge in [0, 0.05) is 51.7 Å². The van der Waals surface area contributed by atoms with Crippen LogP contribution >= 0.6 is 0 Å². The first-order chi connectivity index (χ1) is 15.6. The first kappa shape index (κ1) is 21.8. The van der Waals surface area contributed by atoms with Crippen LogP contribution in [0.3, 0.4) is 0 Å². The molecular weight excluding hydrogens is 414 g/mol. The van der Waals surface area contributed by atoms with Crippen molar-refractivity contribution in [2.45, 2.75) is 25.3 Å². The molecule has 1 saturated heterocycles. The van der Waals surface area contributed by atoms with Gasteiger partial charge in [0.05, 0.1) is 6.20 Å². The Morgan fingerprint density at radius 3 is 2.91 bits per heavy atom. The smallest absolute Gasteiger partial charge is 0.274 e. The number of amides is 1. The summed E-state index contributed by atoms with van der Waals surface area (Å²) in [4.78, 5) is 30.2. The highest BCUT2D eigenvalue weighted by molar-refractivity contribution is 6.00. The van der Waals surface area contributed by atoms with Crippen molar-refractivity contribution in [1.29, 1.82) is 0 Å². The van der Waals surface area contributed by atoms with Gasteiger partial charge in [0.25, 0.3) is 11.5 Å². The summed E-state index contributed by atoms with van der Waals surface area (Å²) in [6.45, 7) is 1.62. The van der Waals surface area contributed by atoms with Gasteiger partial charge in [0.1, 0.15) is 22.9 Å². The van der Waals surface area contributed by atoms with Crippen LogP contribution in [0.4, 0.5) is 17.3 Å². The number of carbonyl (C=O) groups is 1. The summed E-state index contributed by atoms with van der Waals surface area (Å²) >= 11 is 0. The van der Waals surface area contributed by atoms with Crippen molar-refractivity contribution >= 4 is 28.9 Å². The molecule has 11 heteroatoms. The molecule has 4 N–H and O–H groups in total. The Labute approximate surface area is 184 Å². The summed E-state index contributed by atoms with van der Waals surface area (Å²) in [7, 11) is 1.74. The molecule has 0 aliphatic carbocycles. The van der Waals surface area contributed by atoms with Gasteiger partial charge in [0.15, 0.2) is 5.65 Å². The predicted molar refractivity (Wildman–Crippen MR) is 120 cm³/mol. The number of aliphatic hydroxyl groups excluding tert-OH is 1. The molecule has 1 aliphatic heterocycles. The van der Waals surface area contributed by atoms with Crippen molar-refractivity contribution < 1.29 is 14.6 Å². The van der Waals surface area contributed by atoms with Crippen LogP contribution in [0.1, 0.15) is 35.7 Å². The number of ether oxygens (including phenoxy) is 1. The highest BCUT2D eigenvalue weighted by Crippen LogP contribution is 2.22. The van der Waals surface area contributed by atoms with Crippen LogP contribution in [0, 0.1) is 0 Å². The Hall–Kier alpha value is -3.44. The highest BCUT2D eigenvalue weighted by atomic mass is 16.5. The number of nitrogens with zero attached hydrogens (tertiary/aromatic N) is 4. The van der Waals surface area contributed by atoms with Crippen molar-refractivity contribution in [1.82, 2.24) is 24.5 Å². The number of hydrogen-bond donors (Lipinski definition) is 4. The van der Waals surface area contributed by atoms with E-state index in [1.54, 1.807) is 29.9 Å². The Kier molecular flexibility index (Phi) is 6.66. The maximum absolute atomic E-state index is 13.1. The molecular formula is C21H27N7O4. The van der Waals surface area contributed by atoms with E-state index >= 15 is 0 Å². The molecule has 3 aromatic rings. The minimum Gasteiger partial charge on any atom is -0.396 e. The summed E-state index contributed by atoms with van der Waals surface area (Å²) in [5.74, 6) is 0.683. The predicted octanol–water partition coefficient (Wildman–Crippen LogP) is 1.14. The van der Waals surface area contributed by atoms with E-state index in [1.807, 2.05) is 6.07 Å². The lowest BCUT2D eigenvalue weighted by atomic mass is 10.1. The second-order valence-electron chi connectivity index (χ2n) is 7.51. The molecule has 3 aromatic heterocycles. The molecule has 4 heterocycles. The van der Waals surface area contributed by atoms with Crippen molar-refractivity contribution in [3.8, 4) is 0 Å². The van der Waals surface area contributed by atoms with E-state index in [0.717, 1.165) is 12.8 Å². The minimum absolute atomic E-state index is 0.00620. The zero-order valence-electron chi connectivity index (χ0n) is 17.9. The normalized spacial score (nSPS) is 14.4. The zero-order chi connectivity index (χ0) is 22.5. The van der Waals surface area contributed by atoms with Crippen molar-refractivity contribution in [3.05, 3.63) is 46.5 Å². The van der Waals surface area contributed by atoms with Crippen LogP contribution in [0.25, 0.3) is 5.65 Å². The van der Waals surface area contributed by atoms with Crippen LogP contribution in [0.5, 0.6) is 0 Å². The number of aromatic nitrogens is 4. The fraction of sp³-hybridized carbons (Fsp3) is 0.429. The van der Waals surface area contributed by atoms with Crippen LogP contribution in [-0.2, 0) is 4.74 Å². The van der Waals surface area contributed by atoms with Gasteiger partial charge in [-0.25, -0.2) is 4.98 Å². The van der Waals surface area contributed by atoms with Gasteiger partial charge in [-0.05, 0) is 31.4 Å². The molecule has 4 rings (SSSR count). The molecule has 0 aromatic carbocycles. The van der Waals surface area contributed by atoms with E-state index in [9.17, 15) is 9.59 Å². The second kappa shape index (κ2) is 9.79. The molecule has 11 nitrogen and oxygen atoms in total. The average molecular weight is 441 g/mol. The molecule has 1 amide bonds. The summed E-state index contributed by atoms with van der Waals surface area (Å²) in [5.41, 5.74) is 0.909. The number of rotatable bonds is 8. The lowest BCUT2D eigenvalue weighted by molar-refractivity contribution is 0.0687. The number of aliphatic hydroxyl groups is 1. The first-order valence-electron chi connectivity index (χ1n) is 10.6. The lowest BCUT2D eigenvalue weighted by Gasteiger charge is -2.24. The topological polar surface area (TPSA) is 135 Å². The molecule has 32 heavy (non-hydrogen) atoms. The summed E-state index contributed by atoms with van der Waals surface area (Å²) < 4.78 is 8.67. The summed E-state index contributed by atoms with van der Waals surface area (Å²) in [6, 6.07) is 5.36. The Morgan fingerprint density at radius 2 is 2.16 bits per heavy atom. The number of carbonyl (C=O) groups excluding carboxylic acids is 1. The highest BCUT2D eigenvalue weighted by Gasteiger charge is 2.19. The van der Waals surface area contributed by atoms with Gasteiger partial charge >= 0.3 is 0 Å². The van der Waals surface area contributed by atoms with E-state index < -0.39 is 0 Å². The maximum atomic E-state index is 13.1. The molecule has 0 atom stereocenters. The number of fused-ring (bicyclic) bond motifs is 1. The number of hydrogen-bond acceptors (Lipinski definition) is 8. The van der Waals surface area contributed by atoms with Crippen LogP contribution in [0.2, 0.25) is 0 Å². The third kappa shape index (κ3) is 4.43. The number of anilines is 3. The fourth-order valence-electron chi connectivity index (χ4n) is 3.74. The van der Waals surface area contributed by atoms with Gasteiger partial charge in [0.2, 0.25) is 0 Å². The maximum Gasteiger partial charge on any atom is 0.274 e. The van der Waals surface area contributed by atoms with Crippen LogP contribution in [-0.4, -0.2) is 63.6 Å². The lowest BCUT2D eigenvalue weighted by Crippen LogP contribution is -2.29. The van der Waals surface area contributed by atoms with Gasteiger partial charge in [-0.3, -0.25) is 9.59 Å². The van der Waals surface area contributed by atoms with Gasteiger partial charge in [-0.15, -0.1) is 0 Å². The first-order valence-corrected chi connectivity index (χ1v) is 10.6. The molecule has 0 unspecified atom stereocenters. The Bertz CT molecular complexity index is 1150. The van der Waals surface area contributed by atoms with Gasteiger partial charge in [-0.2, -0.15) is 9.61 Å². The number of pyridine rings is 1.